The molecule has 1 amide bonds. The molecule has 128 valence electrons. The lowest BCUT2D eigenvalue weighted by molar-refractivity contribution is -0.114. The standard InChI is InChI=1S/C20H37NO/c1-3-5-6-7-8-9-10-11-12-13-14-15-16-17-18-19(4-2)20(21)22/h4,11-12H,3,5-10,13-18H2,1-2H3,(H2,21,22)/b12-11-,19-4?. The summed E-state index contributed by atoms with van der Waals surface area (Å²) in [4.78, 5) is 11.0. The smallest absolute Gasteiger partial charge is 0.244 e. The lowest BCUT2D eigenvalue weighted by Gasteiger charge is -2.02. The molecule has 0 atom stereocenters. The van der Waals surface area contributed by atoms with Crippen LogP contribution >= 0.6 is 0 Å². The van der Waals surface area contributed by atoms with Crippen LogP contribution in [-0.4, -0.2) is 5.91 Å². The topological polar surface area (TPSA) is 43.1 Å². The molecule has 0 aliphatic rings. The molecular weight excluding hydrogens is 270 g/mol. The molecule has 0 aliphatic heterocycles. The highest BCUT2D eigenvalue weighted by molar-refractivity contribution is 5.91. The maximum absolute atomic E-state index is 11.0. The lowest BCUT2D eigenvalue weighted by atomic mass is 10.0. The van der Waals surface area contributed by atoms with Crippen molar-refractivity contribution in [3.8, 4) is 0 Å². The zero-order chi connectivity index (χ0) is 16.5. The Labute approximate surface area is 138 Å². The van der Waals surface area contributed by atoms with Crippen LogP contribution in [-0.2, 0) is 4.79 Å². The molecule has 0 aromatic heterocycles. The highest BCUT2D eigenvalue weighted by atomic mass is 16.1. The quantitative estimate of drug-likeness (QED) is 0.223. The van der Waals surface area contributed by atoms with Gasteiger partial charge in [0.1, 0.15) is 0 Å². The Morgan fingerprint density at radius 2 is 1.32 bits per heavy atom. The molecule has 0 heterocycles. The van der Waals surface area contributed by atoms with Gasteiger partial charge in [-0.3, -0.25) is 4.79 Å². The molecule has 0 saturated carbocycles. The Balaban J connectivity index is 3.29. The van der Waals surface area contributed by atoms with Crippen molar-refractivity contribution >= 4 is 5.91 Å². The van der Waals surface area contributed by atoms with E-state index in [4.69, 9.17) is 5.73 Å². The first-order valence-corrected chi connectivity index (χ1v) is 9.32. The minimum atomic E-state index is -0.264. The number of unbranched alkanes of at least 4 members (excludes halogenated alkanes) is 10. The summed E-state index contributed by atoms with van der Waals surface area (Å²) in [6.07, 6.45) is 22.8. The summed E-state index contributed by atoms with van der Waals surface area (Å²) in [6.45, 7) is 4.15. The van der Waals surface area contributed by atoms with Crippen molar-refractivity contribution in [1.82, 2.24) is 0 Å². The van der Waals surface area contributed by atoms with Crippen LogP contribution in [0.2, 0.25) is 0 Å². The van der Waals surface area contributed by atoms with Crippen LogP contribution in [0.1, 0.15) is 97.3 Å². The Bertz CT molecular complexity index is 318. The van der Waals surface area contributed by atoms with Crippen LogP contribution < -0.4 is 5.73 Å². The third-order valence-corrected chi connectivity index (χ3v) is 4.12. The van der Waals surface area contributed by atoms with Crippen LogP contribution in [0.25, 0.3) is 0 Å². The van der Waals surface area contributed by atoms with Crippen LogP contribution in [0, 0.1) is 0 Å². The van der Waals surface area contributed by atoms with Gasteiger partial charge in [-0.05, 0) is 45.4 Å². The third-order valence-electron chi connectivity index (χ3n) is 4.12. The van der Waals surface area contributed by atoms with Gasteiger partial charge in [-0.2, -0.15) is 0 Å². The number of allylic oxidation sites excluding steroid dienone is 3. The highest BCUT2D eigenvalue weighted by Gasteiger charge is 2.02. The van der Waals surface area contributed by atoms with E-state index >= 15 is 0 Å². The number of rotatable bonds is 15. The molecule has 0 fully saturated rings. The average Bonchev–Trinajstić information content (AvgIpc) is 2.51. The molecular formula is C20H37NO. The van der Waals surface area contributed by atoms with Crippen molar-refractivity contribution in [3.63, 3.8) is 0 Å². The summed E-state index contributed by atoms with van der Waals surface area (Å²) in [5, 5.41) is 0. The molecule has 2 nitrogen and oxygen atoms in total. The summed E-state index contributed by atoms with van der Waals surface area (Å²) < 4.78 is 0. The van der Waals surface area contributed by atoms with Gasteiger partial charge in [0.25, 0.3) is 0 Å². The van der Waals surface area contributed by atoms with Gasteiger partial charge in [0.2, 0.25) is 5.91 Å². The largest absolute Gasteiger partial charge is 0.366 e. The molecule has 2 N–H and O–H groups in total. The summed E-state index contributed by atoms with van der Waals surface area (Å²) in [5.41, 5.74) is 6.06. The monoisotopic (exact) mass is 307 g/mol. The van der Waals surface area contributed by atoms with E-state index in [0.717, 1.165) is 18.4 Å². The van der Waals surface area contributed by atoms with E-state index in [1.165, 1.54) is 70.6 Å². The Morgan fingerprint density at radius 3 is 1.82 bits per heavy atom. The van der Waals surface area contributed by atoms with Crippen molar-refractivity contribution in [2.75, 3.05) is 0 Å². The second-order valence-corrected chi connectivity index (χ2v) is 6.16. The van der Waals surface area contributed by atoms with Gasteiger partial charge in [-0.15, -0.1) is 0 Å². The van der Waals surface area contributed by atoms with E-state index in [1.807, 2.05) is 13.0 Å². The van der Waals surface area contributed by atoms with Gasteiger partial charge in [-0.25, -0.2) is 0 Å². The first-order valence-electron chi connectivity index (χ1n) is 9.32. The molecule has 0 bridgehead atoms. The maximum Gasteiger partial charge on any atom is 0.244 e. The van der Waals surface area contributed by atoms with E-state index in [1.54, 1.807) is 0 Å². The van der Waals surface area contributed by atoms with Gasteiger partial charge in [0, 0.05) is 5.57 Å². The Hall–Kier alpha value is -1.05. The molecule has 0 aromatic carbocycles. The molecule has 0 unspecified atom stereocenters. The molecule has 2 heteroatoms. The fourth-order valence-corrected chi connectivity index (χ4v) is 2.62. The van der Waals surface area contributed by atoms with Crippen molar-refractivity contribution in [3.05, 3.63) is 23.8 Å². The SMILES string of the molecule is CC=C(CCCCCC/C=C\CCCCCCCC)C(N)=O. The number of amides is 1. The fraction of sp³-hybridized carbons (Fsp3) is 0.750. The third kappa shape index (κ3) is 13.9. The zero-order valence-corrected chi connectivity index (χ0v) is 14.9. The van der Waals surface area contributed by atoms with Crippen molar-refractivity contribution in [1.29, 1.82) is 0 Å². The van der Waals surface area contributed by atoms with E-state index < -0.39 is 0 Å². The van der Waals surface area contributed by atoms with E-state index in [-0.39, 0.29) is 5.91 Å². The average molecular weight is 308 g/mol. The van der Waals surface area contributed by atoms with E-state index in [2.05, 4.69) is 19.1 Å². The molecule has 0 spiro atoms. The first-order chi connectivity index (χ1) is 10.7. The van der Waals surface area contributed by atoms with Gasteiger partial charge in [-0.1, -0.05) is 70.1 Å². The predicted molar refractivity (Wildman–Crippen MR) is 97.8 cm³/mol. The molecule has 0 saturated heterocycles. The summed E-state index contributed by atoms with van der Waals surface area (Å²) in [5.74, 6) is -0.264. The first kappa shape index (κ1) is 20.9. The summed E-state index contributed by atoms with van der Waals surface area (Å²) >= 11 is 0. The molecule has 0 aromatic rings. The number of primary amides is 1. The zero-order valence-electron chi connectivity index (χ0n) is 14.9. The molecule has 0 radical (unpaired) electrons. The normalized spacial score (nSPS) is 12.2. The number of carbonyl (C=O) groups is 1. The molecule has 0 aliphatic carbocycles. The number of hydrogen-bond acceptors (Lipinski definition) is 1. The second-order valence-electron chi connectivity index (χ2n) is 6.16. The Morgan fingerprint density at radius 1 is 0.818 bits per heavy atom. The van der Waals surface area contributed by atoms with Crippen LogP contribution in [0.5, 0.6) is 0 Å². The van der Waals surface area contributed by atoms with Gasteiger partial charge >= 0.3 is 0 Å². The Kier molecular flexibility index (Phi) is 15.5. The van der Waals surface area contributed by atoms with Crippen LogP contribution in [0.3, 0.4) is 0 Å². The van der Waals surface area contributed by atoms with Gasteiger partial charge in [0.15, 0.2) is 0 Å². The van der Waals surface area contributed by atoms with Crippen molar-refractivity contribution in [2.24, 2.45) is 5.73 Å². The van der Waals surface area contributed by atoms with Crippen molar-refractivity contribution in [2.45, 2.75) is 97.3 Å². The number of nitrogens with two attached hydrogens (primary N) is 1. The highest BCUT2D eigenvalue weighted by Crippen LogP contribution is 2.11. The minimum absolute atomic E-state index is 0.264. The number of carbonyl (C=O) groups excluding carboxylic acids is 1. The summed E-state index contributed by atoms with van der Waals surface area (Å²) in [6, 6.07) is 0. The van der Waals surface area contributed by atoms with Gasteiger partial charge in [0.05, 0.1) is 0 Å². The summed E-state index contributed by atoms with van der Waals surface area (Å²) in [7, 11) is 0. The van der Waals surface area contributed by atoms with Crippen LogP contribution in [0.15, 0.2) is 23.8 Å². The fourth-order valence-electron chi connectivity index (χ4n) is 2.62. The predicted octanol–water partition coefficient (Wildman–Crippen LogP) is 6.07. The lowest BCUT2D eigenvalue weighted by Crippen LogP contribution is -2.13. The maximum atomic E-state index is 11.0. The van der Waals surface area contributed by atoms with E-state index in [9.17, 15) is 4.79 Å². The number of hydrogen-bond donors (Lipinski definition) is 1. The van der Waals surface area contributed by atoms with Crippen LogP contribution in [0.4, 0.5) is 0 Å². The minimum Gasteiger partial charge on any atom is -0.366 e. The molecule has 22 heavy (non-hydrogen) atoms. The van der Waals surface area contributed by atoms with E-state index in [0.29, 0.717) is 0 Å². The van der Waals surface area contributed by atoms with Gasteiger partial charge < -0.3 is 5.73 Å². The van der Waals surface area contributed by atoms with Crippen molar-refractivity contribution < 1.29 is 4.79 Å². The molecule has 0 rings (SSSR count). The second kappa shape index (κ2) is 16.3.